The van der Waals surface area contributed by atoms with Gasteiger partial charge >= 0.3 is 0 Å². The zero-order valence-electron chi connectivity index (χ0n) is 18.7. The predicted molar refractivity (Wildman–Crippen MR) is 123 cm³/mol. The van der Waals surface area contributed by atoms with Gasteiger partial charge in [-0.25, -0.2) is 17.7 Å². The molecule has 1 heterocycles. The minimum Gasteiger partial charge on any atom is -0.273 e. The average Bonchev–Trinajstić information content (AvgIpc) is 2.79. The summed E-state index contributed by atoms with van der Waals surface area (Å²) in [6, 6.07) is 11.1. The summed E-state index contributed by atoms with van der Waals surface area (Å²) in [5.41, 5.74) is 7.04. The van der Waals surface area contributed by atoms with Crippen molar-refractivity contribution in [2.24, 2.45) is 5.10 Å². The number of carbonyl (C=O) groups excluding carboxylic acids is 3. The van der Waals surface area contributed by atoms with Gasteiger partial charge in [0.15, 0.2) is 0 Å². The predicted octanol–water partition coefficient (Wildman–Crippen LogP) is 1.50. The van der Waals surface area contributed by atoms with Crippen LogP contribution >= 0.6 is 0 Å². The van der Waals surface area contributed by atoms with Crippen LogP contribution in [0.4, 0.5) is 5.69 Å². The van der Waals surface area contributed by atoms with Gasteiger partial charge in [-0.05, 0) is 49.2 Å². The molecule has 0 radical (unpaired) electrons. The van der Waals surface area contributed by atoms with Gasteiger partial charge in [-0.15, -0.1) is 0 Å². The highest BCUT2D eigenvalue weighted by atomic mass is 32.2. The lowest BCUT2D eigenvalue weighted by atomic mass is 10.1. The van der Waals surface area contributed by atoms with E-state index in [0.29, 0.717) is 5.69 Å². The second kappa shape index (κ2) is 9.51. The molecule has 2 N–H and O–H groups in total. The molecule has 174 valence electrons. The molecule has 0 unspecified atom stereocenters. The van der Waals surface area contributed by atoms with Crippen LogP contribution in [0.15, 0.2) is 52.5 Å². The molecular formula is C22H25N5O5S. The first-order chi connectivity index (χ1) is 15.5. The van der Waals surface area contributed by atoms with Crippen LogP contribution in [0.25, 0.3) is 0 Å². The van der Waals surface area contributed by atoms with Gasteiger partial charge < -0.3 is 0 Å². The Morgan fingerprint density at radius 2 is 1.70 bits per heavy atom. The van der Waals surface area contributed by atoms with E-state index in [9.17, 15) is 22.8 Å². The number of benzene rings is 2. The van der Waals surface area contributed by atoms with Crippen molar-refractivity contribution in [3.63, 3.8) is 0 Å². The van der Waals surface area contributed by atoms with Crippen molar-refractivity contribution in [2.45, 2.75) is 31.6 Å². The molecule has 0 bridgehead atoms. The molecular weight excluding hydrogens is 446 g/mol. The zero-order valence-corrected chi connectivity index (χ0v) is 19.6. The smallest absolute Gasteiger partial charge is 0.273 e. The van der Waals surface area contributed by atoms with Gasteiger partial charge in [-0.2, -0.15) is 5.10 Å². The summed E-state index contributed by atoms with van der Waals surface area (Å²) in [7, 11) is -0.940. The first-order valence-corrected chi connectivity index (χ1v) is 11.6. The summed E-state index contributed by atoms with van der Waals surface area (Å²) in [6.07, 6.45) is 0.219. The third-order valence-corrected chi connectivity index (χ3v) is 6.86. The third kappa shape index (κ3) is 5.26. The lowest BCUT2D eigenvalue weighted by Gasteiger charge is -2.24. The van der Waals surface area contributed by atoms with Gasteiger partial charge in [-0.1, -0.05) is 18.2 Å². The van der Waals surface area contributed by atoms with Crippen LogP contribution in [0.5, 0.6) is 0 Å². The number of sulfonamides is 1. The topological polar surface area (TPSA) is 128 Å². The van der Waals surface area contributed by atoms with Gasteiger partial charge in [0.1, 0.15) is 5.71 Å². The summed E-state index contributed by atoms with van der Waals surface area (Å²) >= 11 is 0. The minimum atomic E-state index is -3.72. The molecule has 1 aliphatic heterocycles. The number of amides is 3. The number of nitrogens with one attached hydrogen (secondary N) is 2. The first-order valence-electron chi connectivity index (χ1n) is 10.1. The number of rotatable bonds is 5. The van der Waals surface area contributed by atoms with Crippen molar-refractivity contribution in [3.05, 3.63) is 59.2 Å². The molecule has 3 amide bonds. The molecule has 0 spiro atoms. The van der Waals surface area contributed by atoms with Gasteiger partial charge in [-0.3, -0.25) is 25.2 Å². The molecule has 0 atom stereocenters. The monoisotopic (exact) mass is 471 g/mol. The number of anilines is 1. The lowest BCUT2D eigenvalue weighted by Crippen LogP contribution is -2.47. The normalized spacial score (nSPS) is 14.2. The van der Waals surface area contributed by atoms with E-state index in [1.54, 1.807) is 0 Å². The van der Waals surface area contributed by atoms with E-state index in [2.05, 4.69) is 16.0 Å². The number of carbonyl (C=O) groups is 3. The summed E-state index contributed by atoms with van der Waals surface area (Å²) in [5, 5.41) is 5.41. The second-order valence-corrected chi connectivity index (χ2v) is 9.92. The third-order valence-electron chi connectivity index (χ3n) is 5.05. The Labute approximate surface area is 192 Å². The molecule has 0 aromatic heterocycles. The van der Waals surface area contributed by atoms with Gasteiger partial charge in [0.05, 0.1) is 10.6 Å². The van der Waals surface area contributed by atoms with E-state index in [4.69, 9.17) is 0 Å². The fourth-order valence-corrected chi connectivity index (χ4v) is 4.07. The van der Waals surface area contributed by atoms with Crippen LogP contribution in [0.1, 0.15) is 34.3 Å². The van der Waals surface area contributed by atoms with Crippen molar-refractivity contribution in [1.29, 1.82) is 0 Å². The van der Waals surface area contributed by atoms with Crippen LogP contribution in [0, 0.1) is 13.8 Å². The van der Waals surface area contributed by atoms with E-state index in [0.717, 1.165) is 15.4 Å². The quantitative estimate of drug-likeness (QED) is 0.639. The Morgan fingerprint density at radius 3 is 2.39 bits per heavy atom. The second-order valence-electron chi connectivity index (χ2n) is 7.77. The SMILES string of the molecule is Cc1ccc(C)c(N2N=C(C(=O)NNC(=O)c3cccc(S(=O)(=O)N(C)C)c3)CCC2=O)c1. The van der Waals surface area contributed by atoms with E-state index in [1.165, 1.54) is 43.4 Å². The fourth-order valence-electron chi connectivity index (χ4n) is 3.12. The maximum atomic E-state index is 12.6. The summed E-state index contributed by atoms with van der Waals surface area (Å²) in [5.74, 6) is -1.59. The molecule has 0 saturated carbocycles. The number of hydrogen-bond acceptors (Lipinski definition) is 6. The van der Waals surface area contributed by atoms with Crippen molar-refractivity contribution in [3.8, 4) is 0 Å². The van der Waals surface area contributed by atoms with Crippen LogP contribution in [0.2, 0.25) is 0 Å². The highest BCUT2D eigenvalue weighted by Crippen LogP contribution is 2.25. The van der Waals surface area contributed by atoms with Crippen LogP contribution in [-0.4, -0.2) is 50.3 Å². The Hall–Kier alpha value is -3.57. The van der Waals surface area contributed by atoms with Crippen molar-refractivity contribution >= 4 is 39.1 Å². The maximum Gasteiger partial charge on any atom is 0.285 e. The van der Waals surface area contributed by atoms with Crippen LogP contribution in [0.3, 0.4) is 0 Å². The molecule has 1 aliphatic rings. The van der Waals surface area contributed by atoms with Crippen molar-refractivity contribution in [1.82, 2.24) is 15.2 Å². The summed E-state index contributed by atoms with van der Waals surface area (Å²) in [6.45, 7) is 3.74. The molecule has 2 aromatic carbocycles. The zero-order chi connectivity index (χ0) is 24.3. The Balaban J connectivity index is 1.74. The molecule has 11 heteroatoms. The minimum absolute atomic E-state index is 0.0502. The van der Waals surface area contributed by atoms with Gasteiger partial charge in [0, 0.05) is 32.5 Å². The number of hydrazone groups is 1. The summed E-state index contributed by atoms with van der Waals surface area (Å²) in [4.78, 5) is 37.4. The van der Waals surface area contributed by atoms with Gasteiger partial charge in [0.25, 0.3) is 11.8 Å². The highest BCUT2D eigenvalue weighted by molar-refractivity contribution is 7.89. The van der Waals surface area contributed by atoms with E-state index in [1.807, 2.05) is 32.0 Å². The van der Waals surface area contributed by atoms with E-state index in [-0.39, 0.29) is 34.9 Å². The fraction of sp³-hybridized carbons (Fsp3) is 0.273. The number of hydrogen-bond donors (Lipinski definition) is 2. The standard InChI is InChI=1S/C22H25N5O5S/c1-14-8-9-15(2)19(12-14)27-20(28)11-10-18(25-27)22(30)24-23-21(29)16-6-5-7-17(13-16)33(31,32)26(3)4/h5-9,12-13H,10-11H2,1-4H3,(H,23,29)(H,24,30). The molecule has 0 saturated heterocycles. The average molecular weight is 472 g/mol. The highest BCUT2D eigenvalue weighted by Gasteiger charge is 2.27. The molecule has 3 rings (SSSR count). The maximum absolute atomic E-state index is 12.6. The number of hydrazine groups is 1. The van der Waals surface area contributed by atoms with E-state index < -0.39 is 21.8 Å². The van der Waals surface area contributed by atoms with Crippen LogP contribution < -0.4 is 15.9 Å². The number of aryl methyl sites for hydroxylation is 2. The Kier molecular flexibility index (Phi) is 6.94. The summed E-state index contributed by atoms with van der Waals surface area (Å²) < 4.78 is 25.6. The molecule has 10 nitrogen and oxygen atoms in total. The van der Waals surface area contributed by atoms with E-state index >= 15 is 0 Å². The first kappa shape index (κ1) is 24.1. The van der Waals surface area contributed by atoms with Crippen LogP contribution in [-0.2, 0) is 19.6 Å². The molecule has 33 heavy (non-hydrogen) atoms. The lowest BCUT2D eigenvalue weighted by molar-refractivity contribution is -0.119. The van der Waals surface area contributed by atoms with Crippen molar-refractivity contribution < 1.29 is 22.8 Å². The molecule has 0 fully saturated rings. The Morgan fingerprint density at radius 1 is 1.00 bits per heavy atom. The number of nitrogens with zero attached hydrogens (tertiary/aromatic N) is 3. The molecule has 2 aromatic rings. The Bertz CT molecular complexity index is 1250. The van der Waals surface area contributed by atoms with Crippen molar-refractivity contribution in [2.75, 3.05) is 19.1 Å². The van der Waals surface area contributed by atoms with Gasteiger partial charge in [0.2, 0.25) is 15.9 Å². The molecule has 0 aliphatic carbocycles. The largest absolute Gasteiger partial charge is 0.285 e.